The summed E-state index contributed by atoms with van der Waals surface area (Å²) in [5.41, 5.74) is 1.32. The van der Waals surface area contributed by atoms with Gasteiger partial charge in [-0.2, -0.15) is 0 Å². The molecule has 0 aliphatic rings. The zero-order valence-electron chi connectivity index (χ0n) is 14.9. The van der Waals surface area contributed by atoms with Crippen molar-refractivity contribution in [1.82, 2.24) is 0 Å². The van der Waals surface area contributed by atoms with Gasteiger partial charge in [-0.1, -0.05) is 52.7 Å². The van der Waals surface area contributed by atoms with E-state index in [2.05, 4.69) is 44.6 Å². The van der Waals surface area contributed by atoms with E-state index in [1.54, 1.807) is 6.92 Å². The molecule has 0 aliphatic carbocycles. The highest BCUT2D eigenvalue weighted by Gasteiger charge is 2.20. The van der Waals surface area contributed by atoms with E-state index in [0.29, 0.717) is 23.5 Å². The number of carboxylic acid groups (broad SMARTS) is 1. The van der Waals surface area contributed by atoms with E-state index in [4.69, 9.17) is 9.84 Å². The SMILES string of the molecule is CCC(C)CC(c1ccc(OC(C)OC(=O)O)cc1)C(C)CC. The highest BCUT2D eigenvalue weighted by Crippen LogP contribution is 2.34. The second-order valence-corrected chi connectivity index (χ2v) is 6.38. The van der Waals surface area contributed by atoms with Gasteiger partial charge in [-0.05, 0) is 41.9 Å². The van der Waals surface area contributed by atoms with Crippen molar-refractivity contribution in [3.8, 4) is 5.75 Å². The molecule has 0 amide bonds. The van der Waals surface area contributed by atoms with E-state index >= 15 is 0 Å². The van der Waals surface area contributed by atoms with Crippen molar-refractivity contribution in [2.45, 2.75) is 66.1 Å². The van der Waals surface area contributed by atoms with Gasteiger partial charge in [-0.3, -0.25) is 0 Å². The Labute approximate surface area is 139 Å². The Hall–Kier alpha value is -1.71. The standard InChI is InChI=1S/C19H30O4/c1-6-13(3)12-18(14(4)7-2)16-8-10-17(11-9-16)22-15(5)23-19(20)21/h8-11,13-15,18H,6-7,12H2,1-5H3,(H,20,21). The topological polar surface area (TPSA) is 55.8 Å². The summed E-state index contributed by atoms with van der Waals surface area (Å²) in [6.45, 7) is 10.6. The van der Waals surface area contributed by atoms with Gasteiger partial charge in [0, 0.05) is 6.92 Å². The van der Waals surface area contributed by atoms with Crippen LogP contribution in [0.25, 0.3) is 0 Å². The lowest BCUT2D eigenvalue weighted by atomic mass is 9.79. The smallest absolute Gasteiger partial charge is 0.455 e. The monoisotopic (exact) mass is 322 g/mol. The Morgan fingerprint density at radius 2 is 1.70 bits per heavy atom. The summed E-state index contributed by atoms with van der Waals surface area (Å²) in [5.74, 6) is 2.49. The van der Waals surface area contributed by atoms with Gasteiger partial charge in [0.05, 0.1) is 0 Å². The Balaban J connectivity index is 2.79. The largest absolute Gasteiger partial charge is 0.508 e. The van der Waals surface area contributed by atoms with Crippen molar-refractivity contribution < 1.29 is 19.4 Å². The molecule has 4 atom stereocenters. The van der Waals surface area contributed by atoms with Crippen LogP contribution in [0.4, 0.5) is 4.79 Å². The normalized spacial score (nSPS) is 16.2. The first kappa shape index (κ1) is 19.3. The van der Waals surface area contributed by atoms with E-state index in [-0.39, 0.29) is 0 Å². The van der Waals surface area contributed by atoms with Gasteiger partial charge in [0.15, 0.2) is 0 Å². The highest BCUT2D eigenvalue weighted by atomic mass is 16.8. The van der Waals surface area contributed by atoms with Gasteiger partial charge in [0.1, 0.15) is 5.75 Å². The molecule has 0 saturated heterocycles. The molecular formula is C19H30O4. The third-order valence-corrected chi connectivity index (χ3v) is 4.56. The lowest BCUT2D eigenvalue weighted by Gasteiger charge is -2.26. The lowest BCUT2D eigenvalue weighted by molar-refractivity contribution is -0.0405. The Morgan fingerprint density at radius 3 is 2.17 bits per heavy atom. The van der Waals surface area contributed by atoms with E-state index in [9.17, 15) is 4.79 Å². The number of ether oxygens (including phenoxy) is 2. The molecule has 0 fully saturated rings. The van der Waals surface area contributed by atoms with Crippen LogP contribution in [0.5, 0.6) is 5.75 Å². The maximum atomic E-state index is 10.5. The van der Waals surface area contributed by atoms with Crippen LogP contribution in [0.3, 0.4) is 0 Å². The van der Waals surface area contributed by atoms with Crippen LogP contribution in [0.2, 0.25) is 0 Å². The molecule has 0 spiro atoms. The van der Waals surface area contributed by atoms with E-state index in [0.717, 1.165) is 6.42 Å². The summed E-state index contributed by atoms with van der Waals surface area (Å²) < 4.78 is 9.99. The van der Waals surface area contributed by atoms with Crippen molar-refractivity contribution in [3.05, 3.63) is 29.8 Å². The maximum absolute atomic E-state index is 10.5. The lowest BCUT2D eigenvalue weighted by Crippen LogP contribution is -2.19. The molecule has 1 aromatic carbocycles. The predicted molar refractivity (Wildman–Crippen MR) is 91.9 cm³/mol. The number of carbonyl (C=O) groups is 1. The molecule has 4 unspecified atom stereocenters. The average molecular weight is 322 g/mol. The zero-order valence-corrected chi connectivity index (χ0v) is 14.9. The van der Waals surface area contributed by atoms with E-state index < -0.39 is 12.4 Å². The van der Waals surface area contributed by atoms with Gasteiger partial charge in [0.2, 0.25) is 6.29 Å². The minimum Gasteiger partial charge on any atom is -0.455 e. The van der Waals surface area contributed by atoms with Gasteiger partial charge >= 0.3 is 6.16 Å². The fourth-order valence-electron chi connectivity index (χ4n) is 2.73. The number of hydrogen-bond acceptors (Lipinski definition) is 3. The van der Waals surface area contributed by atoms with E-state index in [1.165, 1.54) is 18.4 Å². The van der Waals surface area contributed by atoms with Crippen molar-refractivity contribution in [2.24, 2.45) is 11.8 Å². The second-order valence-electron chi connectivity index (χ2n) is 6.38. The minimum atomic E-state index is -1.33. The van der Waals surface area contributed by atoms with Crippen LogP contribution >= 0.6 is 0 Å². The third-order valence-electron chi connectivity index (χ3n) is 4.56. The summed E-state index contributed by atoms with van der Waals surface area (Å²) in [7, 11) is 0. The number of rotatable bonds is 9. The average Bonchev–Trinajstić information content (AvgIpc) is 2.51. The molecule has 0 aliphatic heterocycles. The molecule has 4 nitrogen and oxygen atoms in total. The molecule has 130 valence electrons. The molecule has 1 rings (SSSR count). The van der Waals surface area contributed by atoms with E-state index in [1.807, 2.05) is 12.1 Å². The van der Waals surface area contributed by atoms with Gasteiger partial charge in [0.25, 0.3) is 0 Å². The predicted octanol–water partition coefficient (Wildman–Crippen LogP) is 5.67. The van der Waals surface area contributed by atoms with Crippen molar-refractivity contribution in [1.29, 1.82) is 0 Å². The fraction of sp³-hybridized carbons (Fsp3) is 0.632. The Morgan fingerprint density at radius 1 is 1.09 bits per heavy atom. The van der Waals surface area contributed by atoms with Crippen LogP contribution in [-0.2, 0) is 4.74 Å². The summed E-state index contributed by atoms with van der Waals surface area (Å²) >= 11 is 0. The highest BCUT2D eigenvalue weighted by molar-refractivity contribution is 5.56. The second kappa shape index (κ2) is 9.43. The van der Waals surface area contributed by atoms with Crippen LogP contribution < -0.4 is 4.74 Å². The molecule has 0 aromatic heterocycles. The molecule has 0 radical (unpaired) electrons. The van der Waals surface area contributed by atoms with Gasteiger partial charge in [-0.25, -0.2) is 4.79 Å². The molecule has 1 N–H and O–H groups in total. The number of hydrogen-bond donors (Lipinski definition) is 1. The van der Waals surface area contributed by atoms with Gasteiger partial charge < -0.3 is 14.6 Å². The first-order valence-electron chi connectivity index (χ1n) is 8.53. The Bertz CT molecular complexity index is 469. The van der Waals surface area contributed by atoms with Crippen LogP contribution in [-0.4, -0.2) is 17.6 Å². The number of benzene rings is 1. The van der Waals surface area contributed by atoms with Gasteiger partial charge in [-0.15, -0.1) is 0 Å². The van der Waals surface area contributed by atoms with Crippen molar-refractivity contribution in [3.63, 3.8) is 0 Å². The third kappa shape index (κ3) is 6.51. The van der Waals surface area contributed by atoms with Crippen LogP contribution in [0, 0.1) is 11.8 Å². The first-order chi connectivity index (χ1) is 10.9. The Kier molecular flexibility index (Phi) is 7.93. The first-order valence-corrected chi connectivity index (χ1v) is 8.53. The summed E-state index contributed by atoms with van der Waals surface area (Å²) in [6, 6.07) is 7.95. The van der Waals surface area contributed by atoms with Crippen LogP contribution in [0.15, 0.2) is 24.3 Å². The summed E-state index contributed by atoms with van der Waals surface area (Å²) in [4.78, 5) is 10.5. The minimum absolute atomic E-state index is 0.539. The molecular weight excluding hydrogens is 292 g/mol. The maximum Gasteiger partial charge on any atom is 0.508 e. The molecule has 23 heavy (non-hydrogen) atoms. The molecule has 0 saturated carbocycles. The van der Waals surface area contributed by atoms with Crippen LogP contribution in [0.1, 0.15) is 65.4 Å². The molecule has 0 heterocycles. The fourth-order valence-corrected chi connectivity index (χ4v) is 2.73. The van der Waals surface area contributed by atoms with Crippen molar-refractivity contribution in [2.75, 3.05) is 0 Å². The molecule has 4 heteroatoms. The zero-order chi connectivity index (χ0) is 17.4. The molecule has 1 aromatic rings. The van der Waals surface area contributed by atoms with Crippen molar-refractivity contribution >= 4 is 6.16 Å². The summed E-state index contributed by atoms with van der Waals surface area (Å²) in [5, 5.41) is 8.57. The quantitative estimate of drug-likeness (QED) is 0.470. The molecule has 0 bridgehead atoms. The summed E-state index contributed by atoms with van der Waals surface area (Å²) in [6.07, 6.45) is 1.38.